The molecule has 0 aromatic heterocycles. The molecule has 0 atom stereocenters. The molecule has 0 unspecified atom stereocenters. The van der Waals surface area contributed by atoms with Crippen molar-refractivity contribution in [3.8, 4) is 0 Å². The van der Waals surface area contributed by atoms with Crippen molar-refractivity contribution in [2.75, 3.05) is 119 Å². The Kier molecular flexibility index (Phi) is 19.9. The first-order valence-electron chi connectivity index (χ1n) is 19.5. The molecule has 0 saturated heterocycles. The predicted octanol–water partition coefficient (Wildman–Crippen LogP) is 1.12. The monoisotopic (exact) mass is 846 g/mol. The number of imide groups is 2. The lowest BCUT2D eigenvalue weighted by Crippen LogP contribution is -2.45. The van der Waals surface area contributed by atoms with Crippen molar-refractivity contribution in [3.05, 3.63) is 46.5 Å². The van der Waals surface area contributed by atoms with E-state index < -0.39 is 60.3 Å². The number of esters is 4. The van der Waals surface area contributed by atoms with Gasteiger partial charge in [0.2, 0.25) is 0 Å². The third-order valence-electron chi connectivity index (χ3n) is 8.64. The normalized spacial score (nSPS) is 13.2. The van der Waals surface area contributed by atoms with Gasteiger partial charge in [-0.3, -0.25) is 48.2 Å². The quantitative estimate of drug-likeness (QED) is 0.0352. The minimum atomic E-state index is -0.698. The third kappa shape index (κ3) is 13.8. The molecule has 0 saturated carbocycles. The molecule has 2 aliphatic rings. The molecule has 0 fully saturated rings. The molecule has 2 aromatic rings. The van der Waals surface area contributed by atoms with Crippen molar-refractivity contribution in [2.24, 2.45) is 0 Å². The lowest BCUT2D eigenvalue weighted by molar-refractivity contribution is -0.157. The lowest BCUT2D eigenvalue weighted by Gasteiger charge is -2.31. The molecule has 0 radical (unpaired) electrons. The molecule has 4 rings (SSSR count). The topological polar surface area (TPSA) is 235 Å². The second kappa shape index (κ2) is 25.3. The zero-order chi connectivity index (χ0) is 43.3. The van der Waals surface area contributed by atoms with E-state index in [-0.39, 0.29) is 152 Å². The summed E-state index contributed by atoms with van der Waals surface area (Å²) in [6.45, 7) is 5.60. The van der Waals surface area contributed by atoms with Gasteiger partial charge in [0.05, 0.1) is 106 Å². The summed E-state index contributed by atoms with van der Waals surface area (Å²) in [6, 6.07) is 5.94. The van der Waals surface area contributed by atoms with Gasteiger partial charge in [0.15, 0.2) is 0 Å². The van der Waals surface area contributed by atoms with E-state index in [1.165, 1.54) is 24.3 Å². The van der Waals surface area contributed by atoms with Gasteiger partial charge in [-0.05, 0) is 38.1 Å². The van der Waals surface area contributed by atoms with Crippen LogP contribution in [0.3, 0.4) is 0 Å². The predicted molar refractivity (Wildman–Crippen MR) is 204 cm³/mol. The molecule has 0 bridgehead atoms. The van der Waals surface area contributed by atoms with Crippen LogP contribution in [0.1, 0.15) is 68.1 Å². The zero-order valence-electron chi connectivity index (χ0n) is 33.7. The van der Waals surface area contributed by atoms with Crippen LogP contribution in [0.15, 0.2) is 24.3 Å². The largest absolute Gasteiger partial charge is 0.466 e. The Morgan fingerprint density at radius 1 is 0.383 bits per heavy atom. The van der Waals surface area contributed by atoms with Crippen LogP contribution in [0, 0.1) is 0 Å². The molecule has 60 heavy (non-hydrogen) atoms. The summed E-state index contributed by atoms with van der Waals surface area (Å²) in [5.74, 6) is -4.99. The van der Waals surface area contributed by atoms with Crippen molar-refractivity contribution < 1.29 is 85.7 Å². The molecular formula is C40H50N2O18. The highest BCUT2D eigenvalue weighted by Crippen LogP contribution is 2.37. The highest BCUT2D eigenvalue weighted by atomic mass is 16.6. The van der Waals surface area contributed by atoms with Crippen LogP contribution in [0.25, 0.3) is 10.8 Å². The Balaban J connectivity index is 1.11. The molecule has 328 valence electrons. The van der Waals surface area contributed by atoms with Gasteiger partial charge in [-0.25, -0.2) is 0 Å². The minimum absolute atomic E-state index is 0.0184. The zero-order valence-corrected chi connectivity index (χ0v) is 33.7. The molecule has 20 nitrogen and oxygen atoms in total. The van der Waals surface area contributed by atoms with Crippen LogP contribution in [0.5, 0.6) is 0 Å². The van der Waals surface area contributed by atoms with Gasteiger partial charge in [-0.1, -0.05) is 0 Å². The van der Waals surface area contributed by atoms with Gasteiger partial charge in [-0.2, -0.15) is 0 Å². The molecule has 2 heterocycles. The first-order valence-corrected chi connectivity index (χ1v) is 19.5. The molecule has 2 aromatic carbocycles. The van der Waals surface area contributed by atoms with E-state index in [0.29, 0.717) is 0 Å². The fourth-order valence-electron chi connectivity index (χ4n) is 5.97. The fraction of sp³-hybridized carbons (Fsp3) is 0.550. The maximum atomic E-state index is 13.5. The van der Waals surface area contributed by atoms with Crippen LogP contribution in [0.4, 0.5) is 0 Å². The maximum Gasteiger partial charge on any atom is 0.317 e. The summed E-state index contributed by atoms with van der Waals surface area (Å²) in [7, 11) is 0. The Morgan fingerprint density at radius 3 is 0.917 bits per heavy atom. The number of hydrogen-bond acceptors (Lipinski definition) is 18. The molecule has 0 spiro atoms. The van der Waals surface area contributed by atoms with Crippen molar-refractivity contribution in [2.45, 2.75) is 26.7 Å². The first kappa shape index (κ1) is 47.3. The number of amides is 4. The van der Waals surface area contributed by atoms with E-state index in [1.54, 1.807) is 13.8 Å². The van der Waals surface area contributed by atoms with Crippen LogP contribution < -0.4 is 0 Å². The van der Waals surface area contributed by atoms with Crippen LogP contribution in [-0.2, 0) is 66.5 Å². The Hall–Kier alpha value is -5.38. The second-order valence-electron chi connectivity index (χ2n) is 12.7. The van der Waals surface area contributed by atoms with Crippen LogP contribution in [0.2, 0.25) is 0 Å². The highest BCUT2D eigenvalue weighted by molar-refractivity contribution is 6.33. The van der Waals surface area contributed by atoms with Crippen molar-refractivity contribution in [3.63, 3.8) is 0 Å². The molecule has 0 aliphatic carbocycles. The minimum Gasteiger partial charge on any atom is -0.466 e. The van der Waals surface area contributed by atoms with Crippen LogP contribution in [-0.4, -0.2) is 176 Å². The SMILES string of the molecule is CCOC(=O)CC(=O)OCCOCCOCCOCCN1C(=O)c2ccc3c4c(ccc(c24)C1=O)C(=O)N(CCOCCOCCOCCOC(=O)CC(=O)OCC)C3=O. The summed E-state index contributed by atoms with van der Waals surface area (Å²) in [4.78, 5) is 102. The molecular weight excluding hydrogens is 796 g/mol. The molecule has 4 amide bonds. The third-order valence-corrected chi connectivity index (χ3v) is 8.64. The van der Waals surface area contributed by atoms with Gasteiger partial charge in [0.1, 0.15) is 26.1 Å². The van der Waals surface area contributed by atoms with Crippen molar-refractivity contribution >= 4 is 58.3 Å². The summed E-state index contributed by atoms with van der Waals surface area (Å²) in [5.41, 5.74) is 0.776. The van der Waals surface area contributed by atoms with E-state index in [0.717, 1.165) is 9.80 Å². The average molecular weight is 847 g/mol. The van der Waals surface area contributed by atoms with Crippen molar-refractivity contribution in [1.82, 2.24) is 9.80 Å². The number of ether oxygens (including phenoxy) is 10. The summed E-state index contributed by atoms with van der Waals surface area (Å²) < 4.78 is 51.7. The summed E-state index contributed by atoms with van der Waals surface area (Å²) in [5, 5.41) is 0.521. The van der Waals surface area contributed by atoms with Gasteiger partial charge in [0, 0.05) is 33.0 Å². The second-order valence-corrected chi connectivity index (χ2v) is 12.7. The van der Waals surface area contributed by atoms with Gasteiger partial charge in [0.25, 0.3) is 23.6 Å². The van der Waals surface area contributed by atoms with Gasteiger partial charge >= 0.3 is 23.9 Å². The van der Waals surface area contributed by atoms with Crippen LogP contribution >= 0.6 is 0 Å². The Bertz CT molecular complexity index is 1650. The Morgan fingerprint density at radius 2 is 0.633 bits per heavy atom. The molecule has 20 heteroatoms. The van der Waals surface area contributed by atoms with Crippen molar-refractivity contribution in [1.29, 1.82) is 0 Å². The highest BCUT2D eigenvalue weighted by Gasteiger charge is 2.39. The van der Waals surface area contributed by atoms with E-state index in [2.05, 4.69) is 9.47 Å². The number of carbonyl (C=O) groups excluding carboxylic acids is 8. The summed E-state index contributed by atoms with van der Waals surface area (Å²) >= 11 is 0. The van der Waals surface area contributed by atoms with Gasteiger partial charge in [-0.15, -0.1) is 0 Å². The average Bonchev–Trinajstić information content (AvgIpc) is 3.22. The smallest absolute Gasteiger partial charge is 0.317 e. The maximum absolute atomic E-state index is 13.5. The molecule has 0 N–H and O–H groups in total. The number of nitrogens with zero attached hydrogens (tertiary/aromatic N) is 2. The summed E-state index contributed by atoms with van der Waals surface area (Å²) in [6.07, 6.45) is -0.917. The number of benzene rings is 2. The molecule has 2 aliphatic heterocycles. The van der Waals surface area contributed by atoms with E-state index in [9.17, 15) is 38.4 Å². The van der Waals surface area contributed by atoms with Gasteiger partial charge < -0.3 is 47.4 Å². The van der Waals surface area contributed by atoms with E-state index in [1.807, 2.05) is 0 Å². The Labute approximate surface area is 345 Å². The fourth-order valence-corrected chi connectivity index (χ4v) is 5.97. The number of hydrogen-bond donors (Lipinski definition) is 0. The van der Waals surface area contributed by atoms with E-state index in [4.69, 9.17) is 37.9 Å². The van der Waals surface area contributed by atoms with E-state index >= 15 is 0 Å². The first-order chi connectivity index (χ1) is 29.1. The number of carbonyl (C=O) groups is 8. The number of rotatable bonds is 30. The standard InChI is InChI=1S/C40H50N2O18/c1-3-57-31(43)25-33(45)59-23-21-55-19-17-53-15-13-51-11-9-41-37(47)27-5-7-29-36-30(8-6-28(35(27)36)38(41)48)40(50)42(39(29)49)10-12-52-14-16-54-18-20-56-22-24-60-34(46)26-32(44)58-4-2/h5-8H,3-4,9-26H2,1-2H3. The lowest BCUT2D eigenvalue weighted by atomic mass is 9.86.